The third-order valence-electron chi connectivity index (χ3n) is 7.27. The van der Waals surface area contributed by atoms with Crippen LogP contribution in [0, 0.1) is 18.6 Å². The molecule has 0 saturated heterocycles. The van der Waals surface area contributed by atoms with Gasteiger partial charge in [-0.05, 0) is 92.2 Å². The Morgan fingerprint density at radius 2 is 1.75 bits per heavy atom. The maximum atomic E-state index is 14.6. The van der Waals surface area contributed by atoms with Crippen LogP contribution in [0.25, 0.3) is 21.2 Å². The molecule has 0 spiro atoms. The molecule has 1 N–H and O–H groups in total. The van der Waals surface area contributed by atoms with Crippen LogP contribution in [0.3, 0.4) is 0 Å². The molecule has 36 heavy (non-hydrogen) atoms. The molecule has 186 valence electrons. The molecule has 4 nitrogen and oxygen atoms in total. The van der Waals surface area contributed by atoms with E-state index in [2.05, 4.69) is 16.4 Å². The summed E-state index contributed by atoms with van der Waals surface area (Å²) >= 11 is 1.06. The molecule has 1 amide bonds. The third kappa shape index (κ3) is 4.77. The zero-order valence-corrected chi connectivity index (χ0v) is 21.2. The fraction of sp³-hybridized carbons (Fsp3) is 0.310. The summed E-state index contributed by atoms with van der Waals surface area (Å²) in [5, 5.41) is 3.56. The van der Waals surface area contributed by atoms with Crippen molar-refractivity contribution in [3.05, 3.63) is 88.6 Å². The summed E-state index contributed by atoms with van der Waals surface area (Å²) in [6.07, 6.45) is 7.26. The van der Waals surface area contributed by atoms with Crippen LogP contribution < -0.4 is 5.32 Å². The molecule has 2 heterocycles. The van der Waals surface area contributed by atoms with Crippen molar-refractivity contribution in [1.29, 1.82) is 0 Å². The highest BCUT2D eigenvalue weighted by molar-refractivity contribution is 7.21. The predicted octanol–water partition coefficient (Wildman–Crippen LogP) is 6.72. The lowest BCUT2D eigenvalue weighted by molar-refractivity contribution is 0.0605. The van der Waals surface area contributed by atoms with E-state index in [4.69, 9.17) is 0 Å². The van der Waals surface area contributed by atoms with Gasteiger partial charge in [0, 0.05) is 36.4 Å². The average Bonchev–Trinajstić information content (AvgIpc) is 3.28. The molecule has 0 unspecified atom stereocenters. The number of benzene rings is 2. The van der Waals surface area contributed by atoms with E-state index in [0.29, 0.717) is 23.0 Å². The molecule has 1 saturated carbocycles. The smallest absolute Gasteiger partial charge is 0.264 e. The maximum absolute atomic E-state index is 14.6. The van der Waals surface area contributed by atoms with Crippen molar-refractivity contribution in [2.75, 3.05) is 7.05 Å². The van der Waals surface area contributed by atoms with Crippen molar-refractivity contribution in [1.82, 2.24) is 15.2 Å². The van der Waals surface area contributed by atoms with E-state index in [-0.39, 0.29) is 22.0 Å². The first kappa shape index (κ1) is 24.5. The summed E-state index contributed by atoms with van der Waals surface area (Å²) in [4.78, 5) is 20.5. The first-order chi connectivity index (χ1) is 17.5. The zero-order chi connectivity index (χ0) is 25.2. The van der Waals surface area contributed by atoms with Crippen LogP contribution in [0.5, 0.6) is 0 Å². The second-order valence-corrected chi connectivity index (χ2v) is 10.5. The van der Waals surface area contributed by atoms with Crippen molar-refractivity contribution >= 4 is 27.3 Å². The van der Waals surface area contributed by atoms with Gasteiger partial charge in [-0.25, -0.2) is 8.78 Å². The van der Waals surface area contributed by atoms with Gasteiger partial charge in [0.25, 0.3) is 5.91 Å². The van der Waals surface area contributed by atoms with E-state index in [0.717, 1.165) is 65.8 Å². The summed E-state index contributed by atoms with van der Waals surface area (Å²) in [7, 11) is 1.97. The van der Waals surface area contributed by atoms with E-state index in [9.17, 15) is 13.6 Å². The molecule has 7 heteroatoms. The minimum atomic E-state index is -0.496. The van der Waals surface area contributed by atoms with Gasteiger partial charge in [0.2, 0.25) is 0 Å². The molecule has 2 aromatic heterocycles. The van der Waals surface area contributed by atoms with Gasteiger partial charge >= 0.3 is 0 Å². The Labute approximate surface area is 214 Å². The van der Waals surface area contributed by atoms with Crippen LogP contribution in [-0.2, 0) is 6.54 Å². The number of carbonyl (C=O) groups is 1. The minimum absolute atomic E-state index is 0.0611. The molecule has 1 aliphatic carbocycles. The van der Waals surface area contributed by atoms with Gasteiger partial charge in [0.1, 0.15) is 11.6 Å². The standard InChI is InChI=1S/C29H29F2N3OS/c1-18-26-24(30)10-11-25(31)28(26)36-27(18)29(35)34(23-8-6-22(32-2)7-9-23)17-19-4-3-5-21(16-19)20-12-14-33-15-13-20/h3-5,10-16,22-23,32H,6-9,17H2,1-2H3. The Morgan fingerprint density at radius 1 is 1.03 bits per heavy atom. The predicted molar refractivity (Wildman–Crippen MR) is 141 cm³/mol. The molecule has 1 fully saturated rings. The number of thiophene rings is 1. The molecular weight excluding hydrogens is 476 g/mol. The van der Waals surface area contributed by atoms with Gasteiger partial charge in [-0.3, -0.25) is 9.78 Å². The fourth-order valence-electron chi connectivity index (χ4n) is 5.24. The summed E-state index contributed by atoms with van der Waals surface area (Å²) < 4.78 is 29.3. The molecule has 1 aliphatic rings. The second kappa shape index (κ2) is 10.4. The summed E-state index contributed by atoms with van der Waals surface area (Å²) in [6.45, 7) is 2.15. The van der Waals surface area contributed by atoms with Crippen LogP contribution in [0.2, 0.25) is 0 Å². The number of aromatic nitrogens is 1. The Balaban J connectivity index is 1.51. The number of carbonyl (C=O) groups excluding carboxylic acids is 1. The largest absolute Gasteiger partial charge is 0.331 e. The number of fused-ring (bicyclic) bond motifs is 1. The normalized spacial score (nSPS) is 17.9. The lowest BCUT2D eigenvalue weighted by Gasteiger charge is -2.37. The third-order valence-corrected chi connectivity index (χ3v) is 8.56. The van der Waals surface area contributed by atoms with Crippen molar-refractivity contribution in [2.45, 2.75) is 51.2 Å². The van der Waals surface area contributed by atoms with Crippen molar-refractivity contribution < 1.29 is 13.6 Å². The van der Waals surface area contributed by atoms with Crippen LogP contribution in [0.1, 0.15) is 46.5 Å². The molecule has 0 aliphatic heterocycles. The van der Waals surface area contributed by atoms with Crippen LogP contribution in [0.4, 0.5) is 8.78 Å². The SMILES string of the molecule is CNC1CCC(N(Cc2cccc(-c3ccncc3)c2)C(=O)c2sc3c(F)ccc(F)c3c2C)CC1. The lowest BCUT2D eigenvalue weighted by Crippen LogP contribution is -2.44. The van der Waals surface area contributed by atoms with E-state index < -0.39 is 11.6 Å². The Hall–Kier alpha value is -3.16. The number of nitrogens with one attached hydrogen (secondary N) is 1. The molecule has 0 radical (unpaired) electrons. The number of pyridine rings is 1. The van der Waals surface area contributed by atoms with E-state index in [1.807, 2.05) is 42.3 Å². The van der Waals surface area contributed by atoms with Gasteiger partial charge < -0.3 is 10.2 Å². The molecule has 2 aromatic carbocycles. The quantitative estimate of drug-likeness (QED) is 0.316. The number of halogens is 2. The van der Waals surface area contributed by atoms with Gasteiger partial charge in [0.15, 0.2) is 0 Å². The van der Waals surface area contributed by atoms with Crippen molar-refractivity contribution in [3.8, 4) is 11.1 Å². The summed E-state index contributed by atoms with van der Waals surface area (Å²) in [6, 6.07) is 14.9. The van der Waals surface area contributed by atoms with E-state index in [1.165, 1.54) is 0 Å². The Kier molecular flexibility index (Phi) is 7.12. The number of hydrogen-bond donors (Lipinski definition) is 1. The average molecular weight is 506 g/mol. The number of hydrogen-bond acceptors (Lipinski definition) is 4. The van der Waals surface area contributed by atoms with Crippen LogP contribution >= 0.6 is 11.3 Å². The molecular formula is C29H29F2N3OS. The van der Waals surface area contributed by atoms with Gasteiger partial charge in [-0.2, -0.15) is 0 Å². The highest BCUT2D eigenvalue weighted by atomic mass is 32.1. The van der Waals surface area contributed by atoms with E-state index >= 15 is 0 Å². The number of rotatable bonds is 6. The molecule has 4 aromatic rings. The Bertz CT molecular complexity index is 1380. The van der Waals surface area contributed by atoms with Gasteiger partial charge in [-0.15, -0.1) is 11.3 Å². The van der Waals surface area contributed by atoms with Gasteiger partial charge in [-0.1, -0.05) is 18.2 Å². The van der Waals surface area contributed by atoms with Crippen molar-refractivity contribution in [2.24, 2.45) is 0 Å². The number of aryl methyl sites for hydroxylation is 1. The lowest BCUT2D eigenvalue weighted by atomic mass is 9.89. The fourth-order valence-corrected chi connectivity index (χ4v) is 6.42. The first-order valence-corrected chi connectivity index (χ1v) is 13.1. The second-order valence-electron chi connectivity index (χ2n) is 9.45. The van der Waals surface area contributed by atoms with Crippen molar-refractivity contribution in [3.63, 3.8) is 0 Å². The highest BCUT2D eigenvalue weighted by Gasteiger charge is 2.32. The van der Waals surface area contributed by atoms with Crippen LogP contribution in [-0.4, -0.2) is 34.9 Å². The molecule has 0 atom stereocenters. The first-order valence-electron chi connectivity index (χ1n) is 12.3. The minimum Gasteiger partial charge on any atom is -0.331 e. The highest BCUT2D eigenvalue weighted by Crippen LogP contribution is 2.37. The van der Waals surface area contributed by atoms with Crippen LogP contribution in [0.15, 0.2) is 60.9 Å². The summed E-state index contributed by atoms with van der Waals surface area (Å²) in [5.41, 5.74) is 3.65. The molecule has 5 rings (SSSR count). The number of amides is 1. The summed E-state index contributed by atoms with van der Waals surface area (Å²) in [5.74, 6) is -1.15. The maximum Gasteiger partial charge on any atom is 0.264 e. The Morgan fingerprint density at radius 3 is 2.44 bits per heavy atom. The van der Waals surface area contributed by atoms with E-state index in [1.54, 1.807) is 19.3 Å². The molecule has 0 bridgehead atoms. The monoisotopic (exact) mass is 505 g/mol. The number of nitrogens with zero attached hydrogens (tertiary/aromatic N) is 2. The topological polar surface area (TPSA) is 45.2 Å². The van der Waals surface area contributed by atoms with Gasteiger partial charge in [0.05, 0.1) is 9.58 Å². The zero-order valence-electron chi connectivity index (χ0n) is 20.4.